The van der Waals surface area contributed by atoms with E-state index in [-0.39, 0.29) is 6.04 Å². The third kappa shape index (κ3) is 3.48. The number of carboxylic acids is 1. The first kappa shape index (κ1) is 13.5. The molecule has 0 heterocycles. The predicted molar refractivity (Wildman–Crippen MR) is 65.5 cm³/mol. The van der Waals surface area contributed by atoms with Crippen LogP contribution in [0.1, 0.15) is 52.4 Å². The van der Waals surface area contributed by atoms with E-state index in [1.54, 1.807) is 0 Å². The second-order valence-electron chi connectivity index (χ2n) is 5.20. The Balaban J connectivity index is 2.57. The molecular formula is C13H25NO2. The third-order valence-electron chi connectivity index (χ3n) is 3.97. The summed E-state index contributed by atoms with van der Waals surface area (Å²) in [7, 11) is 1.98. The third-order valence-corrected chi connectivity index (χ3v) is 3.97. The van der Waals surface area contributed by atoms with Gasteiger partial charge in [0.15, 0.2) is 0 Å². The summed E-state index contributed by atoms with van der Waals surface area (Å²) in [5.74, 6) is 0.130. The first-order valence-electron chi connectivity index (χ1n) is 6.51. The molecule has 1 fully saturated rings. The van der Waals surface area contributed by atoms with Gasteiger partial charge >= 0.3 is 5.97 Å². The van der Waals surface area contributed by atoms with Crippen molar-refractivity contribution in [3.8, 4) is 0 Å². The van der Waals surface area contributed by atoms with Crippen LogP contribution in [0.5, 0.6) is 0 Å². The van der Waals surface area contributed by atoms with Gasteiger partial charge in [-0.05, 0) is 38.6 Å². The Bertz CT molecular complexity index is 230. The van der Waals surface area contributed by atoms with Crippen LogP contribution >= 0.6 is 0 Å². The fraction of sp³-hybridized carbons (Fsp3) is 0.923. The van der Waals surface area contributed by atoms with Crippen molar-refractivity contribution in [2.24, 2.45) is 5.92 Å². The molecule has 16 heavy (non-hydrogen) atoms. The molecule has 3 unspecified atom stereocenters. The Morgan fingerprint density at radius 1 is 1.38 bits per heavy atom. The number of nitrogens with zero attached hydrogens (tertiary/aromatic N) is 1. The zero-order chi connectivity index (χ0) is 12.1. The number of likely N-dealkylation sites (N-methyl/N-ethyl adjacent to an activating group) is 1. The van der Waals surface area contributed by atoms with E-state index in [4.69, 9.17) is 5.11 Å². The molecule has 94 valence electrons. The summed E-state index contributed by atoms with van der Waals surface area (Å²) in [4.78, 5) is 13.2. The van der Waals surface area contributed by atoms with Gasteiger partial charge in [-0.3, -0.25) is 9.69 Å². The lowest BCUT2D eigenvalue weighted by Crippen LogP contribution is -2.44. The Hall–Kier alpha value is -0.570. The van der Waals surface area contributed by atoms with Gasteiger partial charge in [-0.15, -0.1) is 0 Å². The molecule has 1 aliphatic carbocycles. The van der Waals surface area contributed by atoms with Crippen molar-refractivity contribution in [3.05, 3.63) is 0 Å². The quantitative estimate of drug-likeness (QED) is 0.751. The van der Waals surface area contributed by atoms with Gasteiger partial charge in [0.25, 0.3) is 0 Å². The van der Waals surface area contributed by atoms with E-state index in [2.05, 4.69) is 11.8 Å². The minimum absolute atomic E-state index is 0.307. The van der Waals surface area contributed by atoms with Gasteiger partial charge in [0, 0.05) is 6.04 Å². The summed E-state index contributed by atoms with van der Waals surface area (Å²) in [6.07, 6.45) is 6.79. The van der Waals surface area contributed by atoms with E-state index < -0.39 is 5.97 Å². The van der Waals surface area contributed by atoms with Gasteiger partial charge in [-0.2, -0.15) is 0 Å². The fourth-order valence-electron chi connectivity index (χ4n) is 2.77. The first-order valence-corrected chi connectivity index (χ1v) is 6.51. The zero-order valence-electron chi connectivity index (χ0n) is 10.8. The average Bonchev–Trinajstić information content (AvgIpc) is 2.43. The van der Waals surface area contributed by atoms with Gasteiger partial charge in [-0.1, -0.05) is 26.7 Å². The smallest absolute Gasteiger partial charge is 0.320 e. The predicted octanol–water partition coefficient (Wildman–Crippen LogP) is 2.75. The minimum Gasteiger partial charge on any atom is -0.480 e. The lowest BCUT2D eigenvalue weighted by atomic mass is 10.0. The molecule has 0 aromatic rings. The Morgan fingerprint density at radius 2 is 2.06 bits per heavy atom. The van der Waals surface area contributed by atoms with Gasteiger partial charge in [0.05, 0.1) is 0 Å². The molecule has 1 saturated carbocycles. The summed E-state index contributed by atoms with van der Waals surface area (Å²) >= 11 is 0. The average molecular weight is 227 g/mol. The number of hydrogen-bond acceptors (Lipinski definition) is 2. The summed E-state index contributed by atoms with van der Waals surface area (Å²) in [5.41, 5.74) is 0. The van der Waals surface area contributed by atoms with E-state index in [0.717, 1.165) is 18.8 Å². The highest BCUT2D eigenvalue weighted by Gasteiger charge is 2.28. The number of hydrogen-bond donors (Lipinski definition) is 1. The van der Waals surface area contributed by atoms with Crippen molar-refractivity contribution in [1.29, 1.82) is 0 Å². The second-order valence-corrected chi connectivity index (χ2v) is 5.20. The van der Waals surface area contributed by atoms with E-state index in [1.807, 2.05) is 14.0 Å². The van der Waals surface area contributed by atoms with Gasteiger partial charge in [0.1, 0.15) is 6.04 Å². The number of carboxylic acid groups (broad SMARTS) is 1. The Kier molecular flexibility index (Phi) is 5.26. The van der Waals surface area contributed by atoms with Gasteiger partial charge < -0.3 is 5.11 Å². The van der Waals surface area contributed by atoms with Crippen LogP contribution in [-0.4, -0.2) is 35.1 Å². The molecule has 0 amide bonds. The van der Waals surface area contributed by atoms with Crippen LogP contribution in [0, 0.1) is 5.92 Å². The maximum Gasteiger partial charge on any atom is 0.320 e. The van der Waals surface area contributed by atoms with Crippen molar-refractivity contribution in [1.82, 2.24) is 4.90 Å². The highest BCUT2D eigenvalue weighted by molar-refractivity contribution is 5.73. The van der Waals surface area contributed by atoms with E-state index >= 15 is 0 Å². The monoisotopic (exact) mass is 227 g/mol. The molecule has 3 nitrogen and oxygen atoms in total. The summed E-state index contributed by atoms with van der Waals surface area (Å²) in [5, 5.41) is 9.15. The first-order chi connectivity index (χ1) is 7.56. The Morgan fingerprint density at radius 3 is 2.62 bits per heavy atom. The molecule has 1 rings (SSSR count). The van der Waals surface area contributed by atoms with E-state index in [1.165, 1.54) is 19.3 Å². The van der Waals surface area contributed by atoms with Crippen LogP contribution in [0.4, 0.5) is 0 Å². The molecule has 0 aromatic heterocycles. The lowest BCUT2D eigenvalue weighted by Gasteiger charge is -2.31. The highest BCUT2D eigenvalue weighted by Crippen LogP contribution is 2.26. The molecule has 0 spiro atoms. The van der Waals surface area contributed by atoms with Gasteiger partial charge in [0.2, 0.25) is 0 Å². The molecule has 3 atom stereocenters. The molecule has 1 N–H and O–H groups in total. The molecule has 0 bridgehead atoms. The molecular weight excluding hydrogens is 202 g/mol. The maximum atomic E-state index is 11.1. The van der Waals surface area contributed by atoms with E-state index in [0.29, 0.717) is 12.5 Å². The second kappa shape index (κ2) is 6.24. The fourth-order valence-corrected chi connectivity index (χ4v) is 2.77. The molecule has 0 saturated heterocycles. The van der Waals surface area contributed by atoms with Crippen molar-refractivity contribution >= 4 is 5.97 Å². The summed E-state index contributed by atoms with van der Waals surface area (Å²) in [6.45, 7) is 4.26. The van der Waals surface area contributed by atoms with Crippen LogP contribution in [0.3, 0.4) is 0 Å². The van der Waals surface area contributed by atoms with Crippen molar-refractivity contribution in [2.75, 3.05) is 7.05 Å². The number of carbonyl (C=O) groups is 1. The number of aliphatic carboxylic acids is 1. The van der Waals surface area contributed by atoms with Crippen molar-refractivity contribution in [2.45, 2.75) is 64.5 Å². The SMILES string of the molecule is CCC(C(=O)O)N(C)C1CCCC(C)CC1. The van der Waals surface area contributed by atoms with Crippen LogP contribution in [0.2, 0.25) is 0 Å². The molecule has 0 aliphatic heterocycles. The topological polar surface area (TPSA) is 40.5 Å². The van der Waals surface area contributed by atoms with Crippen molar-refractivity contribution < 1.29 is 9.90 Å². The standard InChI is InChI=1S/C13H25NO2/c1-4-12(13(15)16)14(3)11-7-5-6-10(2)8-9-11/h10-12H,4-9H2,1-3H3,(H,15,16). The number of rotatable bonds is 4. The molecule has 3 heteroatoms. The maximum absolute atomic E-state index is 11.1. The van der Waals surface area contributed by atoms with E-state index in [9.17, 15) is 4.79 Å². The van der Waals surface area contributed by atoms with Crippen LogP contribution in [0.25, 0.3) is 0 Å². The molecule has 1 aliphatic rings. The van der Waals surface area contributed by atoms with Crippen LogP contribution in [-0.2, 0) is 4.79 Å². The van der Waals surface area contributed by atoms with Crippen LogP contribution in [0.15, 0.2) is 0 Å². The lowest BCUT2D eigenvalue weighted by molar-refractivity contribution is -0.143. The normalized spacial score (nSPS) is 28.8. The highest BCUT2D eigenvalue weighted by atomic mass is 16.4. The van der Waals surface area contributed by atoms with Gasteiger partial charge in [-0.25, -0.2) is 0 Å². The van der Waals surface area contributed by atoms with Crippen LogP contribution < -0.4 is 0 Å². The largest absolute Gasteiger partial charge is 0.480 e. The van der Waals surface area contributed by atoms with Crippen molar-refractivity contribution in [3.63, 3.8) is 0 Å². The summed E-state index contributed by atoms with van der Waals surface area (Å²) in [6, 6.07) is 0.157. The summed E-state index contributed by atoms with van der Waals surface area (Å²) < 4.78 is 0. The molecule has 0 aromatic carbocycles. The Labute approximate surface area is 98.8 Å². The zero-order valence-corrected chi connectivity index (χ0v) is 10.8. The molecule has 0 radical (unpaired) electrons. The minimum atomic E-state index is -0.678.